The molecule has 2 aromatic carbocycles. The number of nitrogens with zero attached hydrogens (tertiary/aromatic N) is 2. The molecule has 1 amide bonds. The van der Waals surface area contributed by atoms with Gasteiger partial charge in [0.05, 0.1) is 17.6 Å². The maximum atomic E-state index is 12.5. The van der Waals surface area contributed by atoms with Crippen molar-refractivity contribution in [3.05, 3.63) is 77.6 Å². The van der Waals surface area contributed by atoms with Crippen molar-refractivity contribution in [1.82, 2.24) is 9.97 Å². The van der Waals surface area contributed by atoms with Gasteiger partial charge in [-0.2, -0.15) is 0 Å². The molecule has 3 aromatic rings. The molecule has 0 radical (unpaired) electrons. The molecule has 0 bridgehead atoms. The van der Waals surface area contributed by atoms with Crippen LogP contribution in [0.2, 0.25) is 0 Å². The molecule has 0 aliphatic heterocycles. The van der Waals surface area contributed by atoms with Crippen molar-refractivity contribution in [2.24, 2.45) is 0 Å². The number of hydrogen-bond donors (Lipinski definition) is 2. The molecule has 3 rings (SSSR count). The zero-order chi connectivity index (χ0) is 21.7. The van der Waals surface area contributed by atoms with Gasteiger partial charge in [-0.25, -0.2) is 27.9 Å². The number of carbonyl (C=O) groups is 2. The van der Waals surface area contributed by atoms with Crippen LogP contribution >= 0.6 is 0 Å². The summed E-state index contributed by atoms with van der Waals surface area (Å²) in [5.74, 6) is -1.04. The Morgan fingerprint density at radius 2 is 1.70 bits per heavy atom. The SMILES string of the molecule is COC(=O)c1cccc(C(=O)Nc2ccc(S(=O)(=O)Nc3nccc(C)n3)cc2)c1. The number of hydrogen-bond acceptors (Lipinski definition) is 7. The average molecular weight is 426 g/mol. The smallest absolute Gasteiger partial charge is 0.337 e. The van der Waals surface area contributed by atoms with Crippen molar-refractivity contribution in [1.29, 1.82) is 0 Å². The number of aryl methyl sites for hydroxylation is 1. The lowest BCUT2D eigenvalue weighted by atomic mass is 10.1. The Kier molecular flexibility index (Phi) is 6.07. The number of ether oxygens (including phenoxy) is 1. The molecule has 154 valence electrons. The fourth-order valence-electron chi connectivity index (χ4n) is 2.50. The molecule has 0 fully saturated rings. The third-order valence-electron chi connectivity index (χ3n) is 3.99. The van der Waals surface area contributed by atoms with Crippen LogP contribution in [0.3, 0.4) is 0 Å². The summed E-state index contributed by atoms with van der Waals surface area (Å²) in [4.78, 5) is 31.9. The average Bonchev–Trinajstić information content (AvgIpc) is 2.73. The molecule has 1 aromatic heterocycles. The molecular weight excluding hydrogens is 408 g/mol. The molecule has 0 aliphatic rings. The molecule has 0 saturated carbocycles. The molecule has 0 spiro atoms. The number of nitrogens with one attached hydrogen (secondary N) is 2. The summed E-state index contributed by atoms with van der Waals surface area (Å²) in [5.41, 5.74) is 1.51. The van der Waals surface area contributed by atoms with E-state index in [1.54, 1.807) is 25.1 Å². The van der Waals surface area contributed by atoms with Gasteiger partial charge in [0.15, 0.2) is 0 Å². The molecule has 0 saturated heterocycles. The van der Waals surface area contributed by atoms with Gasteiger partial charge in [0.2, 0.25) is 5.95 Å². The predicted molar refractivity (Wildman–Crippen MR) is 110 cm³/mol. The Morgan fingerprint density at radius 1 is 1.00 bits per heavy atom. The number of methoxy groups -OCH3 is 1. The lowest BCUT2D eigenvalue weighted by Crippen LogP contribution is -2.16. The van der Waals surface area contributed by atoms with Crippen molar-refractivity contribution in [2.45, 2.75) is 11.8 Å². The quantitative estimate of drug-likeness (QED) is 0.580. The van der Waals surface area contributed by atoms with Crippen LogP contribution in [-0.2, 0) is 14.8 Å². The second-order valence-corrected chi connectivity index (χ2v) is 7.86. The first-order chi connectivity index (χ1) is 14.3. The number of rotatable bonds is 6. The highest BCUT2D eigenvalue weighted by atomic mass is 32.2. The highest BCUT2D eigenvalue weighted by Gasteiger charge is 2.16. The lowest BCUT2D eigenvalue weighted by molar-refractivity contribution is 0.0600. The van der Waals surface area contributed by atoms with E-state index in [1.807, 2.05) is 0 Å². The van der Waals surface area contributed by atoms with E-state index in [0.717, 1.165) is 0 Å². The highest BCUT2D eigenvalue weighted by molar-refractivity contribution is 7.92. The summed E-state index contributed by atoms with van der Waals surface area (Å²) in [6, 6.07) is 13.3. The van der Waals surface area contributed by atoms with Crippen LogP contribution in [-0.4, -0.2) is 37.4 Å². The summed E-state index contributed by atoms with van der Waals surface area (Å²) in [5, 5.41) is 2.65. The van der Waals surface area contributed by atoms with E-state index >= 15 is 0 Å². The largest absolute Gasteiger partial charge is 0.465 e. The Bertz CT molecular complexity index is 1190. The number of aromatic nitrogens is 2. The summed E-state index contributed by atoms with van der Waals surface area (Å²) in [6.45, 7) is 1.72. The number of sulfonamides is 1. The Hall–Kier alpha value is -3.79. The molecule has 2 N–H and O–H groups in total. The van der Waals surface area contributed by atoms with E-state index in [2.05, 4.69) is 24.7 Å². The summed E-state index contributed by atoms with van der Waals surface area (Å²) >= 11 is 0. The molecular formula is C20H18N4O5S. The topological polar surface area (TPSA) is 127 Å². The molecule has 10 heteroatoms. The van der Waals surface area contributed by atoms with Crippen molar-refractivity contribution in [3.63, 3.8) is 0 Å². The van der Waals surface area contributed by atoms with Gasteiger partial charge in [-0.05, 0) is 55.5 Å². The molecule has 9 nitrogen and oxygen atoms in total. The number of anilines is 2. The summed E-state index contributed by atoms with van der Waals surface area (Å²) in [7, 11) is -2.63. The second-order valence-electron chi connectivity index (χ2n) is 6.18. The molecule has 0 aliphatic carbocycles. The lowest BCUT2D eigenvalue weighted by Gasteiger charge is -2.09. The minimum absolute atomic E-state index is 0.0155. The van der Waals surface area contributed by atoms with Crippen LogP contribution < -0.4 is 10.0 Å². The molecule has 0 unspecified atom stereocenters. The molecule has 0 atom stereocenters. The van der Waals surface area contributed by atoms with E-state index < -0.39 is 21.9 Å². The first kappa shape index (κ1) is 20.9. The zero-order valence-electron chi connectivity index (χ0n) is 16.1. The Labute approximate surface area is 173 Å². The van der Waals surface area contributed by atoms with Crippen LogP contribution in [0.5, 0.6) is 0 Å². The van der Waals surface area contributed by atoms with E-state index in [4.69, 9.17) is 0 Å². The first-order valence-corrected chi connectivity index (χ1v) is 10.2. The van der Waals surface area contributed by atoms with Crippen LogP contribution in [0.15, 0.2) is 65.7 Å². The van der Waals surface area contributed by atoms with Gasteiger partial charge in [-0.15, -0.1) is 0 Å². The Morgan fingerprint density at radius 3 is 2.37 bits per heavy atom. The van der Waals surface area contributed by atoms with Gasteiger partial charge in [0.1, 0.15) is 0 Å². The summed E-state index contributed by atoms with van der Waals surface area (Å²) in [6.07, 6.45) is 1.45. The first-order valence-electron chi connectivity index (χ1n) is 8.71. The van der Waals surface area contributed by atoms with Gasteiger partial charge in [-0.1, -0.05) is 6.07 Å². The fraction of sp³-hybridized carbons (Fsp3) is 0.100. The van der Waals surface area contributed by atoms with E-state index in [9.17, 15) is 18.0 Å². The highest BCUT2D eigenvalue weighted by Crippen LogP contribution is 2.17. The van der Waals surface area contributed by atoms with Crippen molar-refractivity contribution < 1.29 is 22.7 Å². The normalized spacial score (nSPS) is 10.9. The number of amides is 1. The number of benzene rings is 2. The standard InChI is InChI=1S/C20H18N4O5S/c1-13-10-11-21-20(22-13)24-30(27,28)17-8-6-16(7-9-17)23-18(25)14-4-3-5-15(12-14)19(26)29-2/h3-12H,1-2H3,(H,23,25)(H,21,22,24). The molecule has 30 heavy (non-hydrogen) atoms. The van der Waals surface area contributed by atoms with Crippen LogP contribution in [0.4, 0.5) is 11.6 Å². The monoisotopic (exact) mass is 426 g/mol. The van der Waals surface area contributed by atoms with Gasteiger partial charge in [0.25, 0.3) is 15.9 Å². The third-order valence-corrected chi connectivity index (χ3v) is 5.33. The number of esters is 1. The second kappa shape index (κ2) is 8.70. The summed E-state index contributed by atoms with van der Waals surface area (Å²) < 4.78 is 31.9. The predicted octanol–water partition coefficient (Wildman–Crippen LogP) is 2.62. The minimum Gasteiger partial charge on any atom is -0.465 e. The zero-order valence-corrected chi connectivity index (χ0v) is 16.9. The van der Waals surface area contributed by atoms with E-state index in [1.165, 1.54) is 49.7 Å². The van der Waals surface area contributed by atoms with Crippen molar-refractivity contribution >= 4 is 33.5 Å². The van der Waals surface area contributed by atoms with Crippen LogP contribution in [0, 0.1) is 6.92 Å². The van der Waals surface area contributed by atoms with Gasteiger partial charge in [-0.3, -0.25) is 4.79 Å². The van der Waals surface area contributed by atoms with Gasteiger partial charge >= 0.3 is 5.97 Å². The number of carbonyl (C=O) groups excluding carboxylic acids is 2. The van der Waals surface area contributed by atoms with Crippen LogP contribution in [0.1, 0.15) is 26.4 Å². The van der Waals surface area contributed by atoms with Gasteiger partial charge < -0.3 is 10.1 Å². The Balaban J connectivity index is 1.72. The van der Waals surface area contributed by atoms with E-state index in [0.29, 0.717) is 11.4 Å². The van der Waals surface area contributed by atoms with Crippen molar-refractivity contribution in [3.8, 4) is 0 Å². The van der Waals surface area contributed by atoms with Crippen LogP contribution in [0.25, 0.3) is 0 Å². The fourth-order valence-corrected chi connectivity index (χ4v) is 3.45. The maximum Gasteiger partial charge on any atom is 0.337 e. The van der Waals surface area contributed by atoms with Crippen molar-refractivity contribution in [2.75, 3.05) is 17.1 Å². The molecule has 1 heterocycles. The van der Waals surface area contributed by atoms with E-state index in [-0.39, 0.29) is 22.0 Å². The van der Waals surface area contributed by atoms with Gasteiger partial charge in [0, 0.05) is 23.1 Å². The maximum absolute atomic E-state index is 12.5. The third kappa shape index (κ3) is 4.97. The minimum atomic E-state index is -3.88.